The number of carbonyl (C=O) groups is 2. The molecule has 21 heavy (non-hydrogen) atoms. The number of alkyl halides is 3. The minimum Gasteiger partial charge on any atom is -0.481 e. The number of halogens is 3. The molecule has 0 saturated carbocycles. The molecule has 1 aliphatic rings. The van der Waals surface area contributed by atoms with Crippen LogP contribution in [0.3, 0.4) is 0 Å². The summed E-state index contributed by atoms with van der Waals surface area (Å²) in [6.07, 6.45) is -4.25. The lowest BCUT2D eigenvalue weighted by atomic mass is 9.86. The van der Waals surface area contributed by atoms with E-state index in [9.17, 15) is 22.8 Å². The number of carboxylic acid groups (broad SMARTS) is 1. The highest BCUT2D eigenvalue weighted by Gasteiger charge is 2.64. The minimum absolute atomic E-state index is 0.0575. The standard InChI is InChI=1S/C12H17F3N2O4/c1-2-4-16(6-7-18)10(21)17-5-3-11(8-17,9(19)20)12(13,14)15/h2,18H,1,3-8H2,(H,19,20). The number of likely N-dealkylation sites (tertiary alicyclic amines) is 1. The number of rotatable bonds is 5. The molecule has 0 aromatic heterocycles. The van der Waals surface area contributed by atoms with E-state index in [-0.39, 0.29) is 26.2 Å². The zero-order valence-corrected chi connectivity index (χ0v) is 11.3. The van der Waals surface area contributed by atoms with Crippen LogP contribution < -0.4 is 0 Å². The maximum Gasteiger partial charge on any atom is 0.406 e. The van der Waals surface area contributed by atoms with Gasteiger partial charge in [0.1, 0.15) is 0 Å². The highest BCUT2D eigenvalue weighted by molar-refractivity contribution is 5.80. The summed E-state index contributed by atoms with van der Waals surface area (Å²) < 4.78 is 39.0. The SMILES string of the molecule is C=CCN(CCO)C(=O)N1CCC(C(=O)O)(C(F)(F)F)C1. The quantitative estimate of drug-likeness (QED) is 0.740. The summed E-state index contributed by atoms with van der Waals surface area (Å²) >= 11 is 0. The van der Waals surface area contributed by atoms with E-state index in [0.717, 1.165) is 9.80 Å². The molecule has 0 aliphatic carbocycles. The van der Waals surface area contributed by atoms with Gasteiger partial charge in [-0.3, -0.25) is 4.79 Å². The highest BCUT2D eigenvalue weighted by Crippen LogP contribution is 2.45. The molecule has 1 saturated heterocycles. The van der Waals surface area contributed by atoms with Crippen molar-refractivity contribution in [3.8, 4) is 0 Å². The molecule has 6 nitrogen and oxygen atoms in total. The number of aliphatic carboxylic acids is 1. The predicted octanol–water partition coefficient (Wildman–Crippen LogP) is 0.926. The Morgan fingerprint density at radius 3 is 2.43 bits per heavy atom. The minimum atomic E-state index is -4.94. The summed E-state index contributed by atoms with van der Waals surface area (Å²) in [5.74, 6) is -1.98. The number of amides is 2. The van der Waals surface area contributed by atoms with Crippen molar-refractivity contribution >= 4 is 12.0 Å². The third-order valence-electron chi connectivity index (χ3n) is 3.48. The average molecular weight is 310 g/mol. The first kappa shape index (κ1) is 17.3. The van der Waals surface area contributed by atoms with Crippen LogP contribution in [0, 0.1) is 5.41 Å². The molecule has 120 valence electrons. The van der Waals surface area contributed by atoms with E-state index in [0.29, 0.717) is 0 Å². The Balaban J connectivity index is 2.91. The lowest BCUT2D eigenvalue weighted by Crippen LogP contribution is -2.50. The van der Waals surface area contributed by atoms with Crippen molar-refractivity contribution in [2.75, 3.05) is 32.8 Å². The summed E-state index contributed by atoms with van der Waals surface area (Å²) in [6.45, 7) is 1.84. The lowest BCUT2D eigenvalue weighted by molar-refractivity contribution is -0.227. The summed E-state index contributed by atoms with van der Waals surface area (Å²) in [5.41, 5.74) is -2.93. The third-order valence-corrected chi connectivity index (χ3v) is 3.48. The molecule has 1 rings (SSSR count). The van der Waals surface area contributed by atoms with E-state index < -0.39 is 36.6 Å². The van der Waals surface area contributed by atoms with Gasteiger partial charge in [0.2, 0.25) is 0 Å². The van der Waals surface area contributed by atoms with E-state index in [2.05, 4.69) is 6.58 Å². The molecule has 1 unspecified atom stereocenters. The van der Waals surface area contributed by atoms with Gasteiger partial charge in [0, 0.05) is 26.2 Å². The fourth-order valence-electron chi connectivity index (χ4n) is 2.24. The molecule has 2 N–H and O–H groups in total. The number of carboxylic acids is 1. The van der Waals surface area contributed by atoms with Crippen LogP contribution in [0.2, 0.25) is 0 Å². The Morgan fingerprint density at radius 1 is 1.43 bits per heavy atom. The van der Waals surface area contributed by atoms with Crippen LogP contribution in [-0.2, 0) is 4.79 Å². The van der Waals surface area contributed by atoms with Crippen LogP contribution >= 0.6 is 0 Å². The molecule has 0 bridgehead atoms. The number of hydrogen-bond donors (Lipinski definition) is 2. The second-order valence-electron chi connectivity index (χ2n) is 4.80. The first-order valence-electron chi connectivity index (χ1n) is 6.25. The maximum atomic E-state index is 13.0. The number of carbonyl (C=O) groups excluding carboxylic acids is 1. The number of aliphatic hydroxyl groups is 1. The molecule has 1 aliphatic heterocycles. The molecule has 9 heteroatoms. The van der Waals surface area contributed by atoms with Crippen LogP contribution in [-0.4, -0.2) is 71.0 Å². The molecule has 1 atom stereocenters. The smallest absolute Gasteiger partial charge is 0.406 e. The molecule has 0 aromatic rings. The summed E-state index contributed by atoms with van der Waals surface area (Å²) in [4.78, 5) is 25.1. The van der Waals surface area contributed by atoms with Crippen LogP contribution in [0.25, 0.3) is 0 Å². The van der Waals surface area contributed by atoms with Gasteiger partial charge in [-0.05, 0) is 6.42 Å². The first-order valence-corrected chi connectivity index (χ1v) is 6.25. The zero-order chi connectivity index (χ0) is 16.3. The van der Waals surface area contributed by atoms with Gasteiger partial charge < -0.3 is 20.0 Å². The largest absolute Gasteiger partial charge is 0.481 e. The molecule has 1 fully saturated rings. The molecule has 1 heterocycles. The van der Waals surface area contributed by atoms with Crippen LogP contribution in [0.15, 0.2) is 12.7 Å². The van der Waals surface area contributed by atoms with Crippen LogP contribution in [0.5, 0.6) is 0 Å². The van der Waals surface area contributed by atoms with E-state index in [4.69, 9.17) is 10.2 Å². The van der Waals surface area contributed by atoms with E-state index in [1.54, 1.807) is 0 Å². The van der Waals surface area contributed by atoms with Gasteiger partial charge in [0.05, 0.1) is 6.61 Å². The predicted molar refractivity (Wildman–Crippen MR) is 66.6 cm³/mol. The monoisotopic (exact) mass is 310 g/mol. The summed E-state index contributed by atoms with van der Waals surface area (Å²) in [5, 5.41) is 17.8. The van der Waals surface area contributed by atoms with Crippen molar-refractivity contribution in [2.45, 2.75) is 12.6 Å². The Bertz CT molecular complexity index is 427. The van der Waals surface area contributed by atoms with Crippen LogP contribution in [0.1, 0.15) is 6.42 Å². The number of urea groups is 1. The van der Waals surface area contributed by atoms with Crippen molar-refractivity contribution in [1.29, 1.82) is 0 Å². The number of aliphatic hydroxyl groups excluding tert-OH is 1. The molecular weight excluding hydrogens is 293 g/mol. The Kier molecular flexibility index (Phi) is 5.21. The first-order chi connectivity index (χ1) is 9.69. The second kappa shape index (κ2) is 6.33. The maximum absolute atomic E-state index is 13.0. The van der Waals surface area contributed by atoms with E-state index in [1.807, 2.05) is 0 Å². The Labute approximate surface area is 119 Å². The van der Waals surface area contributed by atoms with Gasteiger partial charge in [0.25, 0.3) is 0 Å². The van der Waals surface area contributed by atoms with Crippen molar-refractivity contribution in [3.63, 3.8) is 0 Å². The third kappa shape index (κ3) is 3.29. The molecule has 0 radical (unpaired) electrons. The van der Waals surface area contributed by atoms with Crippen molar-refractivity contribution < 1.29 is 33.0 Å². The highest BCUT2D eigenvalue weighted by atomic mass is 19.4. The van der Waals surface area contributed by atoms with Crippen molar-refractivity contribution in [1.82, 2.24) is 9.80 Å². The lowest BCUT2D eigenvalue weighted by Gasteiger charge is -2.29. The van der Waals surface area contributed by atoms with Gasteiger partial charge in [-0.25, -0.2) is 4.79 Å². The van der Waals surface area contributed by atoms with Crippen molar-refractivity contribution in [3.05, 3.63) is 12.7 Å². The van der Waals surface area contributed by atoms with E-state index in [1.165, 1.54) is 6.08 Å². The van der Waals surface area contributed by atoms with E-state index >= 15 is 0 Å². The Hall–Kier alpha value is -1.77. The van der Waals surface area contributed by atoms with Crippen molar-refractivity contribution in [2.24, 2.45) is 5.41 Å². The molecule has 0 aromatic carbocycles. The van der Waals surface area contributed by atoms with Gasteiger partial charge >= 0.3 is 18.2 Å². The number of hydrogen-bond acceptors (Lipinski definition) is 3. The van der Waals surface area contributed by atoms with Crippen LogP contribution in [0.4, 0.5) is 18.0 Å². The molecule has 0 spiro atoms. The second-order valence-corrected chi connectivity index (χ2v) is 4.80. The topological polar surface area (TPSA) is 81.1 Å². The molecular formula is C12H17F3N2O4. The van der Waals surface area contributed by atoms with Gasteiger partial charge in [-0.2, -0.15) is 13.2 Å². The fourth-order valence-corrected chi connectivity index (χ4v) is 2.24. The molecule has 2 amide bonds. The zero-order valence-electron chi connectivity index (χ0n) is 11.3. The normalized spacial score (nSPS) is 22.2. The average Bonchev–Trinajstić information content (AvgIpc) is 2.83. The Morgan fingerprint density at radius 2 is 2.05 bits per heavy atom. The number of nitrogens with zero attached hydrogens (tertiary/aromatic N) is 2. The summed E-state index contributed by atoms with van der Waals surface area (Å²) in [7, 11) is 0. The van der Waals surface area contributed by atoms with Gasteiger partial charge in [-0.1, -0.05) is 6.08 Å². The fraction of sp³-hybridized carbons (Fsp3) is 0.667. The summed E-state index contributed by atoms with van der Waals surface area (Å²) in [6, 6.07) is -0.740. The van der Waals surface area contributed by atoms with Gasteiger partial charge in [-0.15, -0.1) is 6.58 Å². The van der Waals surface area contributed by atoms with Gasteiger partial charge in [0.15, 0.2) is 5.41 Å².